The van der Waals surface area contributed by atoms with E-state index in [1.54, 1.807) is 13.8 Å². The largest absolute Gasteiger partial charge is 0.463 e. The fraction of sp³-hybridized carbons (Fsp3) is 0.615. The Morgan fingerprint density at radius 1 is 1.50 bits per heavy atom. The monoisotopic (exact) mass is 282 g/mol. The van der Waals surface area contributed by atoms with Gasteiger partial charge in [0.15, 0.2) is 0 Å². The van der Waals surface area contributed by atoms with Crippen LogP contribution in [0.5, 0.6) is 0 Å². The number of carbonyl (C=O) groups excluding carboxylic acids is 1. The Bertz CT molecular complexity index is 589. The second-order valence-electron chi connectivity index (χ2n) is 5.09. The summed E-state index contributed by atoms with van der Waals surface area (Å²) in [6.45, 7) is 3.71. The van der Waals surface area contributed by atoms with E-state index in [9.17, 15) is 14.4 Å². The maximum atomic E-state index is 11.6. The van der Waals surface area contributed by atoms with Gasteiger partial charge < -0.3 is 9.47 Å². The summed E-state index contributed by atoms with van der Waals surface area (Å²) in [5, 5.41) is 0. The molecule has 0 bridgehead atoms. The maximum Gasteiger partial charge on any atom is 0.330 e. The van der Waals surface area contributed by atoms with Crippen LogP contribution in [0.15, 0.2) is 21.9 Å². The topological polar surface area (TPSA) is 90.4 Å². The SMILES string of the molecule is CC(C)C(=O)OC[C@@H]1CC[C@H](n2ccc(=O)[nH]c2=O)O1. The van der Waals surface area contributed by atoms with Gasteiger partial charge in [-0.05, 0) is 12.8 Å². The van der Waals surface area contributed by atoms with Crippen LogP contribution in [0.4, 0.5) is 0 Å². The average Bonchev–Trinajstić information content (AvgIpc) is 2.84. The van der Waals surface area contributed by atoms with Gasteiger partial charge in [0.05, 0.1) is 12.0 Å². The molecule has 0 aromatic carbocycles. The molecule has 110 valence electrons. The van der Waals surface area contributed by atoms with E-state index in [1.807, 2.05) is 0 Å². The summed E-state index contributed by atoms with van der Waals surface area (Å²) in [6, 6.07) is 1.27. The summed E-state index contributed by atoms with van der Waals surface area (Å²) in [5.41, 5.74) is -0.936. The number of rotatable bonds is 4. The molecule has 1 aliphatic rings. The van der Waals surface area contributed by atoms with Crippen LogP contribution in [-0.2, 0) is 14.3 Å². The molecule has 1 aliphatic heterocycles. The van der Waals surface area contributed by atoms with E-state index >= 15 is 0 Å². The Morgan fingerprint density at radius 2 is 2.25 bits per heavy atom. The first-order chi connectivity index (χ1) is 9.47. The number of hydrogen-bond donors (Lipinski definition) is 1. The molecular weight excluding hydrogens is 264 g/mol. The summed E-state index contributed by atoms with van der Waals surface area (Å²) in [5.74, 6) is -0.438. The fourth-order valence-electron chi connectivity index (χ4n) is 2.01. The van der Waals surface area contributed by atoms with Gasteiger partial charge in [-0.25, -0.2) is 4.79 Å². The van der Waals surface area contributed by atoms with Crippen LogP contribution in [0.3, 0.4) is 0 Å². The normalized spacial score (nSPS) is 22.1. The number of esters is 1. The molecule has 0 saturated carbocycles. The number of hydrogen-bond acceptors (Lipinski definition) is 5. The van der Waals surface area contributed by atoms with Crippen LogP contribution in [0.1, 0.15) is 32.9 Å². The lowest BCUT2D eigenvalue weighted by molar-refractivity contribution is -0.152. The third-order valence-corrected chi connectivity index (χ3v) is 3.13. The van der Waals surface area contributed by atoms with Crippen molar-refractivity contribution in [3.63, 3.8) is 0 Å². The van der Waals surface area contributed by atoms with Crippen molar-refractivity contribution in [1.82, 2.24) is 9.55 Å². The molecule has 1 aromatic heterocycles. The first-order valence-electron chi connectivity index (χ1n) is 6.61. The van der Waals surface area contributed by atoms with E-state index in [0.29, 0.717) is 12.8 Å². The highest BCUT2D eigenvalue weighted by Gasteiger charge is 2.28. The third-order valence-electron chi connectivity index (χ3n) is 3.13. The Morgan fingerprint density at radius 3 is 2.90 bits per heavy atom. The molecule has 0 aliphatic carbocycles. The minimum Gasteiger partial charge on any atom is -0.463 e. The van der Waals surface area contributed by atoms with E-state index in [-0.39, 0.29) is 24.6 Å². The van der Waals surface area contributed by atoms with Crippen molar-refractivity contribution < 1.29 is 14.3 Å². The minimum atomic E-state index is -0.498. The number of ether oxygens (including phenoxy) is 2. The first kappa shape index (κ1) is 14.5. The summed E-state index contributed by atoms with van der Waals surface area (Å²) < 4.78 is 12.1. The number of nitrogens with one attached hydrogen (secondary N) is 1. The molecule has 20 heavy (non-hydrogen) atoms. The van der Waals surface area contributed by atoms with Crippen molar-refractivity contribution in [3.8, 4) is 0 Å². The zero-order chi connectivity index (χ0) is 14.7. The molecule has 7 heteroatoms. The highest BCUT2D eigenvalue weighted by molar-refractivity contribution is 5.71. The second-order valence-corrected chi connectivity index (χ2v) is 5.09. The van der Waals surface area contributed by atoms with Gasteiger partial charge in [-0.1, -0.05) is 13.8 Å². The van der Waals surface area contributed by atoms with Crippen molar-refractivity contribution in [3.05, 3.63) is 33.1 Å². The van der Waals surface area contributed by atoms with Gasteiger partial charge >= 0.3 is 11.7 Å². The van der Waals surface area contributed by atoms with E-state index in [2.05, 4.69) is 4.98 Å². The van der Waals surface area contributed by atoms with Gasteiger partial charge in [0.2, 0.25) is 0 Å². The van der Waals surface area contributed by atoms with E-state index in [4.69, 9.17) is 9.47 Å². The van der Waals surface area contributed by atoms with Crippen LogP contribution in [0.2, 0.25) is 0 Å². The summed E-state index contributed by atoms with van der Waals surface area (Å²) in [7, 11) is 0. The molecule has 1 N–H and O–H groups in total. The molecular formula is C13H18N2O5. The van der Waals surface area contributed by atoms with Crippen molar-refractivity contribution >= 4 is 5.97 Å². The van der Waals surface area contributed by atoms with Crippen molar-refractivity contribution in [2.45, 2.75) is 39.0 Å². The van der Waals surface area contributed by atoms with E-state index in [0.717, 1.165) is 0 Å². The molecule has 1 aromatic rings. The lowest BCUT2D eigenvalue weighted by atomic mass is 10.2. The van der Waals surface area contributed by atoms with Gasteiger partial charge in [0, 0.05) is 12.3 Å². The first-order valence-corrected chi connectivity index (χ1v) is 6.61. The summed E-state index contributed by atoms with van der Waals surface area (Å²) in [4.78, 5) is 36.2. The quantitative estimate of drug-likeness (QED) is 0.808. The number of nitrogens with zero attached hydrogens (tertiary/aromatic N) is 1. The lowest BCUT2D eigenvalue weighted by Gasteiger charge is -2.16. The molecule has 0 amide bonds. The van der Waals surface area contributed by atoms with Gasteiger partial charge in [0.1, 0.15) is 12.8 Å². The predicted octanol–water partition coefficient (Wildman–Crippen LogP) is 0.413. The molecule has 1 saturated heterocycles. The lowest BCUT2D eigenvalue weighted by Crippen LogP contribution is -2.32. The van der Waals surface area contributed by atoms with Crippen molar-refractivity contribution in [2.75, 3.05) is 6.61 Å². The molecule has 0 spiro atoms. The molecule has 0 radical (unpaired) electrons. The minimum absolute atomic E-state index is 0.172. The van der Waals surface area contributed by atoms with Gasteiger partial charge in [0.25, 0.3) is 5.56 Å². The van der Waals surface area contributed by atoms with Crippen molar-refractivity contribution in [2.24, 2.45) is 5.92 Å². The average molecular weight is 282 g/mol. The van der Waals surface area contributed by atoms with E-state index < -0.39 is 17.5 Å². The molecule has 0 unspecified atom stereocenters. The Hall–Kier alpha value is -1.89. The van der Waals surface area contributed by atoms with Gasteiger partial charge in [-0.3, -0.25) is 19.1 Å². The molecule has 2 rings (SSSR count). The molecule has 2 atom stereocenters. The summed E-state index contributed by atoms with van der Waals surface area (Å²) >= 11 is 0. The van der Waals surface area contributed by atoms with Crippen LogP contribution in [0, 0.1) is 5.92 Å². The number of aromatic nitrogens is 2. The second kappa shape index (κ2) is 6.04. The Kier molecular flexibility index (Phi) is 4.39. The number of carbonyl (C=O) groups is 1. The fourth-order valence-corrected chi connectivity index (χ4v) is 2.01. The van der Waals surface area contributed by atoms with Gasteiger partial charge in [-0.2, -0.15) is 0 Å². The van der Waals surface area contributed by atoms with Gasteiger partial charge in [-0.15, -0.1) is 0 Å². The number of aromatic amines is 1. The predicted molar refractivity (Wildman–Crippen MR) is 70.3 cm³/mol. The van der Waals surface area contributed by atoms with Crippen LogP contribution < -0.4 is 11.2 Å². The Labute approximate surface area is 115 Å². The standard InChI is InChI=1S/C13H18N2O5/c1-8(2)12(17)19-7-9-3-4-11(20-9)15-6-5-10(16)14-13(15)18/h5-6,8-9,11H,3-4,7H2,1-2H3,(H,14,16,18)/t9-,11+/m0/s1. The smallest absolute Gasteiger partial charge is 0.330 e. The Balaban J connectivity index is 1.94. The van der Waals surface area contributed by atoms with Crippen LogP contribution >= 0.6 is 0 Å². The molecule has 1 fully saturated rings. The number of H-pyrrole nitrogens is 1. The zero-order valence-electron chi connectivity index (χ0n) is 11.5. The highest BCUT2D eigenvalue weighted by atomic mass is 16.6. The third kappa shape index (κ3) is 3.36. The molecule has 2 heterocycles. The zero-order valence-corrected chi connectivity index (χ0v) is 11.5. The highest BCUT2D eigenvalue weighted by Crippen LogP contribution is 2.27. The van der Waals surface area contributed by atoms with Crippen LogP contribution in [0.25, 0.3) is 0 Å². The van der Waals surface area contributed by atoms with E-state index in [1.165, 1.54) is 16.8 Å². The summed E-state index contributed by atoms with van der Waals surface area (Å²) in [6.07, 6.45) is 2.09. The van der Waals surface area contributed by atoms with Crippen molar-refractivity contribution in [1.29, 1.82) is 0 Å². The molecule has 7 nitrogen and oxygen atoms in total. The van der Waals surface area contributed by atoms with Crippen LogP contribution in [-0.4, -0.2) is 28.2 Å². The maximum absolute atomic E-state index is 11.6.